The summed E-state index contributed by atoms with van der Waals surface area (Å²) in [6, 6.07) is 7.48. The van der Waals surface area contributed by atoms with Gasteiger partial charge in [-0.3, -0.25) is 9.32 Å². The van der Waals surface area contributed by atoms with Crippen LogP contribution in [0.15, 0.2) is 41.3 Å². The molecular formula is C24H29F2N4O8P. The maximum absolute atomic E-state index is 16.2. The summed E-state index contributed by atoms with van der Waals surface area (Å²) in [6.07, 6.45) is -7.46. The van der Waals surface area contributed by atoms with Crippen molar-refractivity contribution in [3.63, 3.8) is 0 Å². The van der Waals surface area contributed by atoms with Crippen LogP contribution in [0.4, 0.5) is 14.6 Å². The first kappa shape index (κ1) is 27.2. The van der Waals surface area contributed by atoms with Gasteiger partial charge in [0.15, 0.2) is 0 Å². The second-order valence-electron chi connectivity index (χ2n) is 8.76. The van der Waals surface area contributed by atoms with Crippen LogP contribution in [-0.2, 0) is 23.4 Å². The van der Waals surface area contributed by atoms with Gasteiger partial charge in [-0.15, -0.1) is 0 Å². The van der Waals surface area contributed by atoms with Crippen molar-refractivity contribution in [1.29, 1.82) is 0 Å². The van der Waals surface area contributed by atoms with Crippen molar-refractivity contribution in [3.05, 3.63) is 47.0 Å². The van der Waals surface area contributed by atoms with Crippen molar-refractivity contribution in [1.82, 2.24) is 14.8 Å². The molecule has 3 N–H and O–H groups in total. The Morgan fingerprint density at radius 3 is 2.69 bits per heavy atom. The van der Waals surface area contributed by atoms with Crippen LogP contribution in [-0.4, -0.2) is 69.2 Å². The average molecular weight is 572 g/mol. The lowest BCUT2D eigenvalue weighted by Gasteiger charge is -2.24. The van der Waals surface area contributed by atoms with Gasteiger partial charge in [0.2, 0.25) is 11.9 Å². The van der Waals surface area contributed by atoms with E-state index in [4.69, 9.17) is 27.0 Å². The SMILES string of the molecule is [2H]C([2H])(O[P@@](=O)(C[C@@H](C)C(=O)OC(C)C)Oc1ccccc1)[C@H]1O[C@@H](n2ncc(N)nc2=O)C(F)(C#CCF)[C@H]1O. The van der Waals surface area contributed by atoms with Crippen LogP contribution in [0.25, 0.3) is 0 Å². The van der Waals surface area contributed by atoms with Crippen molar-refractivity contribution in [2.24, 2.45) is 5.92 Å². The van der Waals surface area contributed by atoms with Crippen LogP contribution < -0.4 is 15.9 Å². The van der Waals surface area contributed by atoms with Crippen molar-refractivity contribution < 1.29 is 44.5 Å². The summed E-state index contributed by atoms with van der Waals surface area (Å²) in [7, 11) is -4.66. The van der Waals surface area contributed by atoms with E-state index in [1.54, 1.807) is 25.8 Å². The normalized spacial score (nSPS) is 26.0. The van der Waals surface area contributed by atoms with Gasteiger partial charge in [-0.2, -0.15) is 14.8 Å². The predicted octanol–water partition coefficient (Wildman–Crippen LogP) is 2.04. The molecule has 1 fully saturated rings. The molecule has 15 heteroatoms. The number of nitrogens with zero attached hydrogens (tertiary/aromatic N) is 3. The van der Waals surface area contributed by atoms with E-state index >= 15 is 4.39 Å². The van der Waals surface area contributed by atoms with Crippen molar-refractivity contribution in [2.75, 3.05) is 25.1 Å². The molecule has 6 atom stereocenters. The molecule has 0 spiro atoms. The van der Waals surface area contributed by atoms with E-state index in [0.717, 1.165) is 6.20 Å². The summed E-state index contributed by atoms with van der Waals surface area (Å²) in [6.45, 7) is -0.125. The van der Waals surface area contributed by atoms with Gasteiger partial charge in [-0.25, -0.2) is 18.1 Å². The summed E-state index contributed by atoms with van der Waals surface area (Å²) in [5.41, 5.74) is 0.847. The summed E-state index contributed by atoms with van der Waals surface area (Å²) < 4.78 is 81.5. The maximum atomic E-state index is 16.2. The van der Waals surface area contributed by atoms with Crippen LogP contribution in [0.2, 0.25) is 0 Å². The molecule has 1 aromatic carbocycles. The number of hydrogen-bond donors (Lipinski definition) is 2. The van der Waals surface area contributed by atoms with E-state index in [0.29, 0.717) is 4.68 Å². The molecule has 1 aliphatic heterocycles. The average Bonchev–Trinajstić information content (AvgIpc) is 3.13. The van der Waals surface area contributed by atoms with Crippen LogP contribution >= 0.6 is 7.60 Å². The number of anilines is 1. The lowest BCUT2D eigenvalue weighted by atomic mass is 9.97. The second-order valence-corrected chi connectivity index (χ2v) is 10.7. The highest BCUT2D eigenvalue weighted by Gasteiger charge is 2.59. The first-order chi connectivity index (χ1) is 19.1. The van der Waals surface area contributed by atoms with Crippen LogP contribution in [0.1, 0.15) is 29.7 Å². The Morgan fingerprint density at radius 1 is 1.38 bits per heavy atom. The fraction of sp³-hybridized carbons (Fsp3) is 0.500. The number of aliphatic hydroxyl groups excluding tert-OH is 1. The number of halogens is 2. The number of carbonyl (C=O) groups is 1. The molecule has 2 aromatic rings. The van der Waals surface area contributed by atoms with Crippen LogP contribution in [0.3, 0.4) is 0 Å². The van der Waals surface area contributed by atoms with Crippen LogP contribution in [0.5, 0.6) is 5.75 Å². The Kier molecular flexibility index (Phi) is 8.83. The van der Waals surface area contributed by atoms with E-state index in [2.05, 4.69) is 10.1 Å². The number of esters is 1. The molecule has 212 valence electrons. The van der Waals surface area contributed by atoms with Crippen molar-refractivity contribution in [3.8, 4) is 17.6 Å². The van der Waals surface area contributed by atoms with Gasteiger partial charge < -0.3 is 24.8 Å². The first-order valence-electron chi connectivity index (χ1n) is 12.7. The molecule has 0 radical (unpaired) electrons. The van der Waals surface area contributed by atoms with Crippen molar-refractivity contribution in [2.45, 2.75) is 51.0 Å². The monoisotopic (exact) mass is 572 g/mol. The lowest BCUT2D eigenvalue weighted by molar-refractivity contribution is -0.151. The van der Waals surface area contributed by atoms with Crippen LogP contribution in [0, 0.1) is 17.8 Å². The Labute approximate surface area is 225 Å². The predicted molar refractivity (Wildman–Crippen MR) is 134 cm³/mol. The highest BCUT2D eigenvalue weighted by molar-refractivity contribution is 7.54. The molecular weight excluding hydrogens is 541 g/mol. The standard InChI is InChI=1S/C24H29F2N4O8P/c1-15(2)36-21(32)16(3)14-39(34,38-17-8-5-4-6-9-17)35-13-18-20(31)24(26,10-7-11-25)22(37-18)30-23(33)29-19(27)12-28-30/h4-6,8-9,12,15-16,18,20,22,31H,11,13-14H2,1-3H3,(H2,27,29,33)/t16-,18-,20+,22-,24?,39+/m1/s1/i13D2. The Balaban J connectivity index is 2.00. The molecule has 1 unspecified atom stereocenters. The van der Waals surface area contributed by atoms with E-state index < -0.39 is 74.8 Å². The number of aliphatic hydroxyl groups is 1. The summed E-state index contributed by atoms with van der Waals surface area (Å²) in [4.78, 5) is 28.2. The highest BCUT2D eigenvalue weighted by atomic mass is 31.2. The quantitative estimate of drug-likeness (QED) is 0.243. The third-order valence-corrected chi connectivity index (χ3v) is 7.07. The molecule has 0 saturated carbocycles. The topological polar surface area (TPSA) is 165 Å². The third kappa shape index (κ3) is 7.39. The second kappa shape index (κ2) is 12.7. The number of nitrogen functional groups attached to an aromatic ring is 1. The molecule has 1 aromatic heterocycles. The minimum absolute atomic E-state index is 0.0147. The van der Waals surface area contributed by atoms with E-state index in [1.807, 2.05) is 5.92 Å². The summed E-state index contributed by atoms with van der Waals surface area (Å²) in [5, 5.41) is 14.5. The number of hydrogen-bond acceptors (Lipinski definition) is 11. The zero-order valence-electron chi connectivity index (χ0n) is 23.2. The minimum Gasteiger partial charge on any atom is -0.463 e. The van der Waals surface area contributed by atoms with Gasteiger partial charge in [0, 0.05) is 0 Å². The number of alkyl halides is 2. The van der Waals surface area contributed by atoms with E-state index in [-0.39, 0.29) is 11.6 Å². The zero-order chi connectivity index (χ0) is 30.6. The number of ether oxygens (including phenoxy) is 2. The van der Waals surface area contributed by atoms with Gasteiger partial charge in [0.05, 0.1) is 33.7 Å². The fourth-order valence-electron chi connectivity index (χ4n) is 3.46. The number of para-hydroxylation sites is 1. The molecule has 2 heterocycles. The maximum Gasteiger partial charge on any atom is 0.380 e. The van der Waals surface area contributed by atoms with Crippen molar-refractivity contribution >= 4 is 19.4 Å². The largest absolute Gasteiger partial charge is 0.463 e. The Hall–Kier alpha value is -3.37. The number of benzene rings is 1. The molecule has 0 bridgehead atoms. The molecule has 0 aliphatic carbocycles. The summed E-state index contributed by atoms with van der Waals surface area (Å²) >= 11 is 0. The third-order valence-electron chi connectivity index (χ3n) is 5.20. The van der Waals surface area contributed by atoms with Gasteiger partial charge in [0.25, 0.3) is 0 Å². The van der Waals surface area contributed by atoms with Gasteiger partial charge in [0.1, 0.15) is 30.4 Å². The molecule has 39 heavy (non-hydrogen) atoms. The number of carbonyl (C=O) groups excluding carboxylic acids is 1. The number of nitrogens with two attached hydrogens (primary N) is 1. The fourth-order valence-corrected chi connectivity index (χ4v) is 5.17. The lowest BCUT2D eigenvalue weighted by Crippen LogP contribution is -2.45. The molecule has 1 aliphatic rings. The molecule has 1 saturated heterocycles. The Morgan fingerprint density at radius 2 is 2.08 bits per heavy atom. The van der Waals surface area contributed by atoms with Gasteiger partial charge in [-0.05, 0) is 26.0 Å². The Bertz CT molecular complexity index is 1410. The molecule has 0 amide bonds. The highest BCUT2D eigenvalue weighted by Crippen LogP contribution is 2.51. The minimum atomic E-state index is -4.66. The smallest absolute Gasteiger partial charge is 0.380 e. The molecule has 12 nitrogen and oxygen atoms in total. The number of rotatable bonds is 10. The first-order valence-corrected chi connectivity index (χ1v) is 13.4. The van der Waals surface area contributed by atoms with Gasteiger partial charge >= 0.3 is 19.3 Å². The zero-order valence-corrected chi connectivity index (χ0v) is 22.1. The summed E-state index contributed by atoms with van der Waals surface area (Å²) in [5.74, 6) is 1.35. The van der Waals surface area contributed by atoms with Gasteiger partial charge in [-0.1, -0.05) is 37.0 Å². The molecule has 3 rings (SSSR count). The number of aromatic nitrogens is 3. The van der Waals surface area contributed by atoms with E-state index in [9.17, 15) is 23.7 Å². The van der Waals surface area contributed by atoms with E-state index in [1.165, 1.54) is 31.2 Å².